The molecule has 12 heteroatoms. The summed E-state index contributed by atoms with van der Waals surface area (Å²) in [7, 11) is -2.63. The summed E-state index contributed by atoms with van der Waals surface area (Å²) in [5.74, 6) is -1.35. The zero-order valence-corrected chi connectivity index (χ0v) is 12.8. The van der Waals surface area contributed by atoms with Crippen LogP contribution in [0.3, 0.4) is 0 Å². The fraction of sp³-hybridized carbons (Fsp3) is 0.273. The third-order valence-corrected chi connectivity index (χ3v) is 4.17. The first kappa shape index (κ1) is 16.7. The fourth-order valence-electron chi connectivity index (χ4n) is 1.72. The predicted octanol–water partition coefficient (Wildman–Crippen LogP) is 0.943. The van der Waals surface area contributed by atoms with E-state index in [1.807, 2.05) is 0 Å². The quantitative estimate of drug-likeness (QED) is 0.266. The zero-order valence-electron chi connectivity index (χ0n) is 11.9. The van der Waals surface area contributed by atoms with Crippen molar-refractivity contribution in [2.45, 2.75) is 6.61 Å². The Balaban J connectivity index is 2.21. The van der Waals surface area contributed by atoms with Gasteiger partial charge in [-0.1, -0.05) is 0 Å². The Morgan fingerprint density at radius 3 is 2.91 bits per heavy atom. The van der Waals surface area contributed by atoms with Crippen molar-refractivity contribution in [3.63, 3.8) is 0 Å². The summed E-state index contributed by atoms with van der Waals surface area (Å²) in [6, 6.07) is 3.72. The summed E-state index contributed by atoms with van der Waals surface area (Å²) in [6.45, 7) is -0.661. The van der Waals surface area contributed by atoms with Crippen molar-refractivity contribution in [1.29, 1.82) is 0 Å². The van der Waals surface area contributed by atoms with Crippen molar-refractivity contribution in [2.24, 2.45) is 10.5 Å². The van der Waals surface area contributed by atoms with Gasteiger partial charge < -0.3 is 20.3 Å². The van der Waals surface area contributed by atoms with Crippen LogP contribution in [-0.2, 0) is 20.5 Å². The van der Waals surface area contributed by atoms with Crippen molar-refractivity contribution in [2.75, 3.05) is 13.6 Å². The predicted molar refractivity (Wildman–Crippen MR) is 78.0 cm³/mol. The van der Waals surface area contributed by atoms with E-state index in [0.29, 0.717) is 5.56 Å². The van der Waals surface area contributed by atoms with Crippen LogP contribution in [0.25, 0.3) is 0 Å². The Labute approximate surface area is 130 Å². The summed E-state index contributed by atoms with van der Waals surface area (Å²) >= 11 is 0. The minimum absolute atomic E-state index is 0.127. The first-order valence-electron chi connectivity index (χ1n) is 6.20. The van der Waals surface area contributed by atoms with Crippen molar-refractivity contribution in [3.05, 3.63) is 33.9 Å². The minimum Gasteiger partial charge on any atom is -0.480 e. The number of carboxylic acids is 1. The van der Waals surface area contributed by atoms with E-state index >= 15 is 0 Å². The average molecular weight is 344 g/mol. The first-order valence-corrected chi connectivity index (χ1v) is 7.70. The molecule has 0 radical (unpaired) electrons. The van der Waals surface area contributed by atoms with Gasteiger partial charge in [0.1, 0.15) is 12.3 Å². The van der Waals surface area contributed by atoms with Gasteiger partial charge in [0, 0.05) is 24.7 Å². The fourth-order valence-corrected chi connectivity index (χ4v) is 3.00. The van der Waals surface area contributed by atoms with Gasteiger partial charge in [-0.3, -0.25) is 19.4 Å². The maximum Gasteiger partial charge on any atom is 0.511 e. The van der Waals surface area contributed by atoms with Crippen molar-refractivity contribution < 1.29 is 28.4 Å². The SMILES string of the molecule is CN(CC(=O)O)/C(N)=N\P1(=O)OCc2cc([N+](=O)[O-])ccc2O1. The molecule has 1 aromatic carbocycles. The van der Waals surface area contributed by atoms with Crippen LogP contribution >= 0.6 is 7.75 Å². The van der Waals surface area contributed by atoms with Gasteiger partial charge in [0.05, 0.1) is 11.5 Å². The van der Waals surface area contributed by atoms with Crippen LogP contribution in [0.4, 0.5) is 5.69 Å². The lowest BCUT2D eigenvalue weighted by molar-refractivity contribution is -0.385. The highest BCUT2D eigenvalue weighted by Gasteiger charge is 2.34. The van der Waals surface area contributed by atoms with Crippen molar-refractivity contribution in [1.82, 2.24) is 4.90 Å². The van der Waals surface area contributed by atoms with Gasteiger partial charge in [0.25, 0.3) is 5.69 Å². The molecule has 124 valence electrons. The second-order valence-electron chi connectivity index (χ2n) is 4.59. The molecule has 1 aliphatic rings. The molecule has 23 heavy (non-hydrogen) atoms. The summed E-state index contributed by atoms with van der Waals surface area (Å²) in [5.41, 5.74) is 5.75. The molecule has 1 atom stereocenters. The second-order valence-corrected chi connectivity index (χ2v) is 6.17. The average Bonchev–Trinajstić information content (AvgIpc) is 2.45. The van der Waals surface area contributed by atoms with Gasteiger partial charge in [-0.15, -0.1) is 4.76 Å². The molecular weight excluding hydrogens is 331 g/mol. The highest BCUT2D eigenvalue weighted by molar-refractivity contribution is 7.53. The maximum atomic E-state index is 12.4. The molecule has 0 aromatic heterocycles. The Morgan fingerprint density at radius 1 is 1.61 bits per heavy atom. The molecule has 1 unspecified atom stereocenters. The number of carbonyl (C=O) groups is 1. The molecular formula is C11H13N4O7P. The van der Waals surface area contributed by atoms with Crippen molar-refractivity contribution >= 4 is 25.4 Å². The van der Waals surface area contributed by atoms with E-state index < -0.39 is 25.2 Å². The molecule has 1 heterocycles. The van der Waals surface area contributed by atoms with Crippen LogP contribution in [0, 0.1) is 10.1 Å². The van der Waals surface area contributed by atoms with Crippen LogP contribution in [0.5, 0.6) is 5.75 Å². The Morgan fingerprint density at radius 2 is 2.30 bits per heavy atom. The lowest BCUT2D eigenvalue weighted by Crippen LogP contribution is -2.37. The molecule has 0 aliphatic carbocycles. The van der Waals surface area contributed by atoms with Crippen molar-refractivity contribution in [3.8, 4) is 5.75 Å². The summed E-state index contributed by atoms with van der Waals surface area (Å²) < 4.78 is 26.2. The number of benzene rings is 1. The number of nitro benzene ring substituents is 1. The normalized spacial score (nSPS) is 20.3. The summed E-state index contributed by atoms with van der Waals surface area (Å²) in [6.07, 6.45) is 0. The van der Waals surface area contributed by atoms with E-state index in [-0.39, 0.29) is 24.0 Å². The third kappa shape index (κ3) is 3.96. The number of nitro groups is 1. The molecule has 0 fully saturated rings. The summed E-state index contributed by atoms with van der Waals surface area (Å²) in [4.78, 5) is 21.8. The van der Waals surface area contributed by atoms with Gasteiger partial charge in [-0.05, 0) is 6.07 Å². The molecule has 3 N–H and O–H groups in total. The molecule has 1 aliphatic heterocycles. The molecule has 0 spiro atoms. The monoisotopic (exact) mass is 344 g/mol. The molecule has 0 amide bonds. The topological polar surface area (TPSA) is 158 Å². The number of likely N-dealkylation sites (N-methyl/N-ethyl adjacent to an activating group) is 1. The minimum atomic E-state index is -3.98. The molecule has 11 nitrogen and oxygen atoms in total. The van der Waals surface area contributed by atoms with E-state index in [1.54, 1.807) is 0 Å². The molecule has 0 saturated heterocycles. The van der Waals surface area contributed by atoms with Crippen LogP contribution < -0.4 is 10.3 Å². The Bertz CT molecular complexity index is 735. The van der Waals surface area contributed by atoms with E-state index in [2.05, 4.69) is 4.76 Å². The van der Waals surface area contributed by atoms with Gasteiger partial charge >= 0.3 is 13.7 Å². The van der Waals surface area contributed by atoms with E-state index in [4.69, 9.17) is 19.9 Å². The maximum absolute atomic E-state index is 12.4. The van der Waals surface area contributed by atoms with Crippen LogP contribution in [0.1, 0.15) is 5.56 Å². The number of nitrogens with two attached hydrogens (primary N) is 1. The number of hydrogen-bond donors (Lipinski definition) is 2. The molecule has 0 bridgehead atoms. The van der Waals surface area contributed by atoms with Gasteiger partial charge in [0.2, 0.25) is 5.96 Å². The van der Waals surface area contributed by atoms with Gasteiger partial charge in [-0.25, -0.2) is 4.57 Å². The third-order valence-electron chi connectivity index (χ3n) is 2.84. The van der Waals surface area contributed by atoms with Crippen LogP contribution in [0.15, 0.2) is 23.0 Å². The van der Waals surface area contributed by atoms with Gasteiger partial charge in [0.15, 0.2) is 0 Å². The molecule has 2 rings (SSSR count). The molecule has 0 saturated carbocycles. The highest BCUT2D eigenvalue weighted by atomic mass is 31.2. The van der Waals surface area contributed by atoms with E-state index in [0.717, 1.165) is 4.90 Å². The number of rotatable bonds is 4. The number of hydrogen-bond acceptors (Lipinski definition) is 6. The van der Waals surface area contributed by atoms with Gasteiger partial charge in [-0.2, -0.15) is 0 Å². The second kappa shape index (κ2) is 6.23. The molecule has 1 aromatic rings. The van der Waals surface area contributed by atoms with E-state index in [1.165, 1.54) is 25.2 Å². The highest BCUT2D eigenvalue weighted by Crippen LogP contribution is 2.55. The number of non-ortho nitro benzene ring substituents is 1. The number of nitrogens with zero attached hydrogens (tertiary/aromatic N) is 3. The lowest BCUT2D eigenvalue weighted by atomic mass is 10.2. The van der Waals surface area contributed by atoms with E-state index in [9.17, 15) is 19.5 Å². The Kier molecular flexibility index (Phi) is 4.52. The zero-order chi connectivity index (χ0) is 17.2. The number of carboxylic acid groups (broad SMARTS) is 1. The number of aliphatic carboxylic acids is 1. The van der Waals surface area contributed by atoms with Crippen LogP contribution in [0.2, 0.25) is 0 Å². The number of guanidine groups is 1. The smallest absolute Gasteiger partial charge is 0.480 e. The first-order chi connectivity index (χ1) is 10.7. The lowest BCUT2D eigenvalue weighted by Gasteiger charge is -2.24. The van der Waals surface area contributed by atoms with Crippen LogP contribution in [-0.4, -0.2) is 40.5 Å². The standard InChI is InChI=1S/C11H13N4O7P/c1-14(5-10(16)17)11(12)13-23(20)21-6-7-4-8(15(18)19)2-3-9(7)22-23/h2-4H,5-6H2,1H3,(H,16,17)(H2,12,13,20). The Hall–Kier alpha value is -2.65. The summed E-state index contributed by atoms with van der Waals surface area (Å²) in [5, 5.41) is 19.4. The largest absolute Gasteiger partial charge is 0.511 e. The number of fused-ring (bicyclic) bond motifs is 1.